The lowest BCUT2D eigenvalue weighted by Gasteiger charge is -2.15. The zero-order valence-electron chi connectivity index (χ0n) is 13.6. The van der Waals surface area contributed by atoms with E-state index in [-0.39, 0.29) is 11.6 Å². The number of nitrogens with two attached hydrogens (primary N) is 1. The fourth-order valence-corrected chi connectivity index (χ4v) is 3.48. The molecule has 1 unspecified atom stereocenters. The van der Waals surface area contributed by atoms with E-state index in [0.717, 1.165) is 24.0 Å². The van der Waals surface area contributed by atoms with E-state index in [1.54, 1.807) is 24.4 Å². The molecule has 0 fully saturated rings. The minimum atomic E-state index is -0.528. The highest BCUT2D eigenvalue weighted by molar-refractivity contribution is 5.98. The maximum absolute atomic E-state index is 14.7. The smallest absolute Gasteiger partial charge is 0.254 e. The quantitative estimate of drug-likeness (QED) is 0.772. The molecule has 0 saturated heterocycles. The first kappa shape index (κ1) is 15.7. The topological polar surface area (TPSA) is 68.0 Å². The Labute approximate surface area is 144 Å². The van der Waals surface area contributed by atoms with Gasteiger partial charge in [-0.1, -0.05) is 18.2 Å². The Bertz CT molecular complexity index is 970. The third kappa shape index (κ3) is 2.76. The Hall–Kier alpha value is -2.79. The molecule has 4 nitrogen and oxygen atoms in total. The molecule has 126 valence electrons. The van der Waals surface area contributed by atoms with Gasteiger partial charge in [0.15, 0.2) is 0 Å². The average molecular weight is 335 g/mol. The van der Waals surface area contributed by atoms with Crippen molar-refractivity contribution in [3.05, 3.63) is 76.7 Å². The summed E-state index contributed by atoms with van der Waals surface area (Å²) in [5.74, 6) is -0.927. The lowest BCUT2D eigenvalue weighted by atomic mass is 10.0. The molecule has 2 aromatic carbocycles. The number of aromatic nitrogens is 1. The normalized spacial score (nSPS) is 16.0. The van der Waals surface area contributed by atoms with Gasteiger partial charge in [0, 0.05) is 18.1 Å². The van der Waals surface area contributed by atoms with Crippen LogP contribution in [0.25, 0.3) is 10.9 Å². The van der Waals surface area contributed by atoms with Gasteiger partial charge in [0.05, 0.1) is 17.1 Å². The van der Waals surface area contributed by atoms with Crippen molar-refractivity contribution in [3.8, 4) is 0 Å². The van der Waals surface area contributed by atoms with Crippen LogP contribution in [0.2, 0.25) is 0 Å². The molecule has 1 aromatic heterocycles. The number of nitrogens with one attached hydrogen (secondary N) is 1. The van der Waals surface area contributed by atoms with Crippen LogP contribution in [0.15, 0.2) is 48.7 Å². The fourth-order valence-electron chi connectivity index (χ4n) is 3.48. The molecular formula is C20H18FN3O. The average Bonchev–Trinajstić information content (AvgIpc) is 3.04. The second kappa shape index (κ2) is 6.26. The molecule has 5 heteroatoms. The second-order valence-corrected chi connectivity index (χ2v) is 6.30. The van der Waals surface area contributed by atoms with Gasteiger partial charge in [-0.3, -0.25) is 9.78 Å². The number of aryl methyl sites for hydroxylation is 1. The van der Waals surface area contributed by atoms with E-state index in [4.69, 9.17) is 5.73 Å². The standard InChI is InChI=1S/C20H18FN3O/c21-19-15-2-1-9-23-17(15)8-6-16(19)20(25)24-18-7-4-13-10-12(11-22)3-5-14(13)18/h1-3,5-6,8-10,18H,4,7,11,22H2,(H,24,25). The van der Waals surface area contributed by atoms with Crippen LogP contribution >= 0.6 is 0 Å². The van der Waals surface area contributed by atoms with Crippen molar-refractivity contribution in [2.45, 2.75) is 25.4 Å². The Morgan fingerprint density at radius 3 is 3.00 bits per heavy atom. The van der Waals surface area contributed by atoms with Gasteiger partial charge in [-0.15, -0.1) is 0 Å². The van der Waals surface area contributed by atoms with Crippen molar-refractivity contribution >= 4 is 16.8 Å². The highest BCUT2D eigenvalue weighted by atomic mass is 19.1. The van der Waals surface area contributed by atoms with E-state index in [2.05, 4.69) is 16.4 Å². The van der Waals surface area contributed by atoms with E-state index in [0.29, 0.717) is 17.4 Å². The van der Waals surface area contributed by atoms with E-state index in [9.17, 15) is 9.18 Å². The molecule has 3 N–H and O–H groups in total. The molecule has 25 heavy (non-hydrogen) atoms. The zero-order chi connectivity index (χ0) is 17.4. The summed E-state index contributed by atoms with van der Waals surface area (Å²) < 4.78 is 14.7. The van der Waals surface area contributed by atoms with Gasteiger partial charge >= 0.3 is 0 Å². The first-order chi connectivity index (χ1) is 12.2. The number of hydrogen-bond donors (Lipinski definition) is 2. The predicted molar refractivity (Wildman–Crippen MR) is 94.6 cm³/mol. The molecule has 1 aliphatic carbocycles. The van der Waals surface area contributed by atoms with Gasteiger partial charge in [0.1, 0.15) is 5.82 Å². The third-order valence-electron chi connectivity index (χ3n) is 4.79. The summed E-state index contributed by atoms with van der Waals surface area (Å²) >= 11 is 0. The summed E-state index contributed by atoms with van der Waals surface area (Å²) in [6.45, 7) is 0.501. The van der Waals surface area contributed by atoms with Crippen LogP contribution in [0.4, 0.5) is 4.39 Å². The Morgan fingerprint density at radius 2 is 2.16 bits per heavy atom. The summed E-state index contributed by atoms with van der Waals surface area (Å²) in [6.07, 6.45) is 3.30. The number of benzene rings is 2. The minimum Gasteiger partial charge on any atom is -0.345 e. The molecule has 0 spiro atoms. The lowest BCUT2D eigenvalue weighted by Crippen LogP contribution is -2.28. The molecule has 0 radical (unpaired) electrons. The number of amides is 1. The summed E-state index contributed by atoms with van der Waals surface area (Å²) in [4.78, 5) is 16.7. The molecule has 3 aromatic rings. The van der Waals surface area contributed by atoms with Crippen LogP contribution in [0.3, 0.4) is 0 Å². The van der Waals surface area contributed by atoms with Crippen molar-refractivity contribution in [2.24, 2.45) is 5.73 Å². The minimum absolute atomic E-state index is 0.0486. The molecule has 1 atom stereocenters. The Morgan fingerprint density at radius 1 is 1.28 bits per heavy atom. The van der Waals surface area contributed by atoms with Crippen molar-refractivity contribution in [2.75, 3.05) is 0 Å². The molecule has 1 heterocycles. The van der Waals surface area contributed by atoms with Crippen LogP contribution in [0.5, 0.6) is 0 Å². The van der Waals surface area contributed by atoms with Crippen LogP contribution < -0.4 is 11.1 Å². The number of carbonyl (C=O) groups is 1. The second-order valence-electron chi connectivity index (χ2n) is 6.30. The van der Waals surface area contributed by atoms with Gasteiger partial charge in [0.25, 0.3) is 5.91 Å². The van der Waals surface area contributed by atoms with Gasteiger partial charge in [-0.25, -0.2) is 4.39 Å². The van der Waals surface area contributed by atoms with Gasteiger partial charge in [0.2, 0.25) is 0 Å². The maximum Gasteiger partial charge on any atom is 0.254 e. The lowest BCUT2D eigenvalue weighted by molar-refractivity contribution is 0.0933. The van der Waals surface area contributed by atoms with E-state index in [1.807, 2.05) is 12.1 Å². The van der Waals surface area contributed by atoms with Crippen molar-refractivity contribution in [1.29, 1.82) is 0 Å². The fraction of sp³-hybridized carbons (Fsp3) is 0.200. The summed E-state index contributed by atoms with van der Waals surface area (Å²) in [6, 6.07) is 12.4. The predicted octanol–water partition coefficient (Wildman–Crippen LogP) is 3.25. The van der Waals surface area contributed by atoms with E-state index < -0.39 is 11.7 Å². The molecular weight excluding hydrogens is 317 g/mol. The van der Waals surface area contributed by atoms with Crippen LogP contribution in [0, 0.1) is 5.82 Å². The number of nitrogens with zero attached hydrogens (tertiary/aromatic N) is 1. The summed E-state index contributed by atoms with van der Waals surface area (Å²) in [7, 11) is 0. The van der Waals surface area contributed by atoms with Crippen molar-refractivity contribution in [1.82, 2.24) is 10.3 Å². The van der Waals surface area contributed by atoms with Crippen LogP contribution in [-0.4, -0.2) is 10.9 Å². The van der Waals surface area contributed by atoms with Crippen LogP contribution in [-0.2, 0) is 13.0 Å². The SMILES string of the molecule is NCc1ccc2c(c1)CCC2NC(=O)c1ccc2ncccc2c1F. The summed E-state index contributed by atoms with van der Waals surface area (Å²) in [5.41, 5.74) is 9.65. The Kier molecular flexibility index (Phi) is 3.93. The Balaban J connectivity index is 1.61. The molecule has 4 rings (SSSR count). The largest absolute Gasteiger partial charge is 0.345 e. The molecule has 0 bridgehead atoms. The monoisotopic (exact) mass is 335 g/mol. The highest BCUT2D eigenvalue weighted by Gasteiger charge is 2.25. The van der Waals surface area contributed by atoms with Gasteiger partial charge in [-0.2, -0.15) is 0 Å². The maximum atomic E-state index is 14.7. The van der Waals surface area contributed by atoms with Gasteiger partial charge < -0.3 is 11.1 Å². The van der Waals surface area contributed by atoms with E-state index >= 15 is 0 Å². The number of hydrogen-bond acceptors (Lipinski definition) is 3. The zero-order valence-corrected chi connectivity index (χ0v) is 13.6. The number of rotatable bonds is 3. The molecule has 0 saturated carbocycles. The van der Waals surface area contributed by atoms with Gasteiger partial charge in [-0.05, 0) is 53.8 Å². The third-order valence-corrected chi connectivity index (χ3v) is 4.79. The highest BCUT2D eigenvalue weighted by Crippen LogP contribution is 2.32. The van der Waals surface area contributed by atoms with E-state index in [1.165, 1.54) is 11.6 Å². The van der Waals surface area contributed by atoms with Crippen molar-refractivity contribution in [3.63, 3.8) is 0 Å². The first-order valence-corrected chi connectivity index (χ1v) is 8.33. The molecule has 0 aliphatic heterocycles. The van der Waals surface area contributed by atoms with Crippen molar-refractivity contribution < 1.29 is 9.18 Å². The number of carbonyl (C=O) groups excluding carboxylic acids is 1. The molecule has 1 aliphatic rings. The molecule has 1 amide bonds. The van der Waals surface area contributed by atoms with Crippen LogP contribution in [0.1, 0.15) is 39.5 Å². The number of fused-ring (bicyclic) bond motifs is 2. The summed E-state index contributed by atoms with van der Waals surface area (Å²) in [5, 5.41) is 3.32. The first-order valence-electron chi connectivity index (χ1n) is 8.33. The number of halogens is 1. The number of pyridine rings is 1.